The highest BCUT2D eigenvalue weighted by Crippen LogP contribution is 2.29. The summed E-state index contributed by atoms with van der Waals surface area (Å²) in [5.41, 5.74) is 2.47. The third-order valence-corrected chi connectivity index (χ3v) is 5.92. The molecule has 1 aliphatic heterocycles. The number of amides is 1. The fraction of sp³-hybridized carbons (Fsp3) is 0.478. The van der Waals surface area contributed by atoms with Crippen molar-refractivity contribution in [2.45, 2.75) is 32.2 Å². The number of rotatable bonds is 5. The van der Waals surface area contributed by atoms with E-state index in [9.17, 15) is 4.79 Å². The average molecular weight is 364 g/mol. The van der Waals surface area contributed by atoms with E-state index in [1.54, 1.807) is 0 Å². The smallest absolute Gasteiger partial charge is 0.225 e. The number of pyridine rings is 1. The molecular weight excluding hydrogens is 334 g/mol. The molecule has 0 unspecified atom stereocenters. The number of aromatic nitrogens is 1. The molecule has 2 aromatic rings. The van der Waals surface area contributed by atoms with Crippen molar-refractivity contribution >= 4 is 5.91 Å². The van der Waals surface area contributed by atoms with Crippen LogP contribution in [-0.4, -0.2) is 46.9 Å². The molecule has 4 nitrogen and oxygen atoms in total. The number of hydrogen-bond acceptors (Lipinski definition) is 3. The Morgan fingerprint density at radius 1 is 1.00 bits per heavy atom. The molecule has 0 radical (unpaired) electrons. The van der Waals surface area contributed by atoms with Crippen LogP contribution in [0.3, 0.4) is 0 Å². The van der Waals surface area contributed by atoms with Crippen molar-refractivity contribution in [1.29, 1.82) is 0 Å². The van der Waals surface area contributed by atoms with Crippen molar-refractivity contribution in [3.63, 3.8) is 0 Å². The second kappa shape index (κ2) is 8.66. The standard InChI is InChI=1S/C23H29N3O/c27-23(21-9-6-10-21)26-14-13-25(16-19-7-2-1-3-8-19)17-20(18-26)15-22-11-4-5-12-24-22/h1-5,7-8,11-12,20-21H,6,9-10,13-18H2/t20-/m0/s1. The van der Waals surface area contributed by atoms with Gasteiger partial charge in [-0.05, 0) is 42.9 Å². The maximum absolute atomic E-state index is 12.9. The molecule has 4 heteroatoms. The van der Waals surface area contributed by atoms with Gasteiger partial charge in [-0.3, -0.25) is 14.7 Å². The minimum absolute atomic E-state index is 0.279. The van der Waals surface area contributed by atoms with E-state index in [1.807, 2.05) is 12.3 Å². The van der Waals surface area contributed by atoms with Gasteiger partial charge in [0.05, 0.1) is 0 Å². The van der Waals surface area contributed by atoms with Crippen molar-refractivity contribution in [2.75, 3.05) is 26.2 Å². The van der Waals surface area contributed by atoms with Gasteiger partial charge in [0.15, 0.2) is 0 Å². The predicted octanol–water partition coefficient (Wildman–Crippen LogP) is 3.38. The number of carbonyl (C=O) groups is 1. The monoisotopic (exact) mass is 363 g/mol. The summed E-state index contributed by atoms with van der Waals surface area (Å²) in [7, 11) is 0. The van der Waals surface area contributed by atoms with Gasteiger partial charge in [-0.25, -0.2) is 0 Å². The van der Waals surface area contributed by atoms with Crippen LogP contribution >= 0.6 is 0 Å². The maximum Gasteiger partial charge on any atom is 0.225 e. The van der Waals surface area contributed by atoms with E-state index in [-0.39, 0.29) is 5.92 Å². The van der Waals surface area contributed by atoms with Crippen LogP contribution < -0.4 is 0 Å². The highest BCUT2D eigenvalue weighted by Gasteiger charge is 2.32. The van der Waals surface area contributed by atoms with Gasteiger partial charge < -0.3 is 4.90 Å². The van der Waals surface area contributed by atoms with Gasteiger partial charge in [0.1, 0.15) is 0 Å². The van der Waals surface area contributed by atoms with E-state index in [0.717, 1.165) is 57.7 Å². The molecule has 1 aromatic carbocycles. The van der Waals surface area contributed by atoms with E-state index in [2.05, 4.69) is 57.2 Å². The van der Waals surface area contributed by atoms with Crippen LogP contribution in [0, 0.1) is 11.8 Å². The number of hydrogen-bond donors (Lipinski definition) is 0. The van der Waals surface area contributed by atoms with Crippen molar-refractivity contribution in [3.8, 4) is 0 Å². The Morgan fingerprint density at radius 3 is 2.52 bits per heavy atom. The SMILES string of the molecule is O=C(C1CCC1)N1CCN(Cc2ccccc2)C[C@H](Cc2ccccn2)C1. The maximum atomic E-state index is 12.9. The van der Waals surface area contributed by atoms with Crippen LogP contribution in [0.4, 0.5) is 0 Å². The van der Waals surface area contributed by atoms with E-state index >= 15 is 0 Å². The van der Waals surface area contributed by atoms with E-state index in [1.165, 1.54) is 12.0 Å². The van der Waals surface area contributed by atoms with Crippen LogP contribution in [0.5, 0.6) is 0 Å². The first-order valence-corrected chi connectivity index (χ1v) is 10.2. The van der Waals surface area contributed by atoms with Gasteiger partial charge in [0.2, 0.25) is 5.91 Å². The molecule has 142 valence electrons. The first-order valence-electron chi connectivity index (χ1n) is 10.2. The van der Waals surface area contributed by atoms with Gasteiger partial charge in [-0.15, -0.1) is 0 Å². The lowest BCUT2D eigenvalue weighted by atomic mass is 9.84. The molecule has 1 saturated heterocycles. The summed E-state index contributed by atoms with van der Waals surface area (Å²) in [4.78, 5) is 22.1. The lowest BCUT2D eigenvalue weighted by Crippen LogP contribution is -2.42. The van der Waals surface area contributed by atoms with E-state index in [0.29, 0.717) is 11.8 Å². The predicted molar refractivity (Wildman–Crippen MR) is 107 cm³/mol. The molecule has 4 rings (SSSR count). The zero-order valence-corrected chi connectivity index (χ0v) is 16.0. The third-order valence-electron chi connectivity index (χ3n) is 5.92. The summed E-state index contributed by atoms with van der Waals surface area (Å²) >= 11 is 0. The summed E-state index contributed by atoms with van der Waals surface area (Å²) in [6.45, 7) is 4.62. The normalized spacial score (nSPS) is 21.5. The summed E-state index contributed by atoms with van der Waals surface area (Å²) in [6.07, 6.45) is 6.16. The Hall–Kier alpha value is -2.20. The van der Waals surface area contributed by atoms with E-state index in [4.69, 9.17) is 0 Å². The summed E-state index contributed by atoms with van der Waals surface area (Å²) in [6, 6.07) is 16.8. The zero-order chi connectivity index (χ0) is 18.5. The number of nitrogens with zero attached hydrogens (tertiary/aromatic N) is 3. The topological polar surface area (TPSA) is 36.4 Å². The fourth-order valence-corrected chi connectivity index (χ4v) is 4.22. The van der Waals surface area contributed by atoms with Crippen molar-refractivity contribution in [3.05, 3.63) is 66.0 Å². The second-order valence-corrected chi connectivity index (χ2v) is 8.02. The Morgan fingerprint density at radius 2 is 1.81 bits per heavy atom. The molecule has 0 bridgehead atoms. The molecular formula is C23H29N3O. The highest BCUT2D eigenvalue weighted by molar-refractivity contribution is 5.79. The molecule has 2 fully saturated rings. The Bertz CT molecular complexity index is 730. The second-order valence-electron chi connectivity index (χ2n) is 8.02. The lowest BCUT2D eigenvalue weighted by molar-refractivity contribution is -0.138. The first-order chi connectivity index (χ1) is 13.3. The van der Waals surface area contributed by atoms with Crippen LogP contribution in [0.25, 0.3) is 0 Å². The quantitative estimate of drug-likeness (QED) is 0.817. The minimum atomic E-state index is 0.279. The summed E-state index contributed by atoms with van der Waals surface area (Å²) in [5, 5.41) is 0. The van der Waals surface area contributed by atoms with Gasteiger partial charge >= 0.3 is 0 Å². The van der Waals surface area contributed by atoms with Crippen molar-refractivity contribution < 1.29 is 4.79 Å². The molecule has 1 aliphatic carbocycles. The Balaban J connectivity index is 1.47. The van der Waals surface area contributed by atoms with Crippen LogP contribution in [0.2, 0.25) is 0 Å². The average Bonchev–Trinajstić information content (AvgIpc) is 2.84. The van der Waals surface area contributed by atoms with Crippen molar-refractivity contribution in [2.24, 2.45) is 11.8 Å². The van der Waals surface area contributed by atoms with Gasteiger partial charge in [0.25, 0.3) is 0 Å². The number of carbonyl (C=O) groups excluding carboxylic acids is 1. The molecule has 2 aliphatic rings. The van der Waals surface area contributed by atoms with E-state index < -0.39 is 0 Å². The fourth-order valence-electron chi connectivity index (χ4n) is 4.22. The molecule has 1 atom stereocenters. The lowest BCUT2D eigenvalue weighted by Gasteiger charge is -2.32. The molecule has 27 heavy (non-hydrogen) atoms. The summed E-state index contributed by atoms with van der Waals surface area (Å²) in [5.74, 6) is 1.09. The van der Waals surface area contributed by atoms with Crippen molar-refractivity contribution in [1.82, 2.24) is 14.8 Å². The first kappa shape index (κ1) is 18.2. The van der Waals surface area contributed by atoms with Crippen LogP contribution in [0.15, 0.2) is 54.7 Å². The minimum Gasteiger partial charge on any atom is -0.341 e. The highest BCUT2D eigenvalue weighted by atomic mass is 16.2. The largest absolute Gasteiger partial charge is 0.341 e. The molecule has 1 aromatic heterocycles. The molecule has 2 heterocycles. The number of benzene rings is 1. The van der Waals surface area contributed by atoms with Crippen LogP contribution in [-0.2, 0) is 17.8 Å². The molecule has 0 spiro atoms. The summed E-state index contributed by atoms with van der Waals surface area (Å²) < 4.78 is 0. The van der Waals surface area contributed by atoms with Crippen LogP contribution in [0.1, 0.15) is 30.5 Å². The molecule has 1 amide bonds. The Labute approximate surface area is 162 Å². The Kier molecular flexibility index (Phi) is 5.83. The van der Waals surface area contributed by atoms with Gasteiger partial charge in [-0.1, -0.05) is 42.8 Å². The molecule has 0 N–H and O–H groups in total. The molecule has 1 saturated carbocycles. The van der Waals surface area contributed by atoms with Gasteiger partial charge in [-0.2, -0.15) is 0 Å². The zero-order valence-electron chi connectivity index (χ0n) is 16.0. The third kappa shape index (κ3) is 4.75. The van der Waals surface area contributed by atoms with Gasteiger partial charge in [0, 0.05) is 50.5 Å².